The standard InChI is InChI=1S/C18H21N3O3/c1-2-21-8-7-19-16(21)10-20-9-14-13-5-3-4-6-15(13)24-12-18(14,11-20)17(22)23/h3-8,14H,2,9-12H2,1H3,(H,22,23)/t14-,18-/m1/s1. The third-order valence-corrected chi connectivity index (χ3v) is 5.33. The summed E-state index contributed by atoms with van der Waals surface area (Å²) in [5.74, 6) is 0.968. The lowest BCUT2D eigenvalue weighted by molar-refractivity contribution is -0.151. The van der Waals surface area contributed by atoms with Crippen molar-refractivity contribution in [1.82, 2.24) is 14.5 Å². The number of rotatable bonds is 4. The van der Waals surface area contributed by atoms with Gasteiger partial charge < -0.3 is 14.4 Å². The molecule has 0 radical (unpaired) electrons. The van der Waals surface area contributed by atoms with E-state index in [4.69, 9.17) is 4.74 Å². The first-order valence-electron chi connectivity index (χ1n) is 8.31. The molecule has 2 aromatic rings. The molecule has 2 aliphatic rings. The van der Waals surface area contributed by atoms with Crippen molar-refractivity contribution in [2.75, 3.05) is 19.7 Å². The SMILES string of the molecule is CCn1ccnc1CN1C[C@@H]2c3ccccc3OC[C@]2(C(=O)O)C1. The van der Waals surface area contributed by atoms with E-state index in [0.717, 1.165) is 23.7 Å². The van der Waals surface area contributed by atoms with E-state index < -0.39 is 11.4 Å². The van der Waals surface area contributed by atoms with Gasteiger partial charge in [0.1, 0.15) is 23.6 Å². The fourth-order valence-corrected chi connectivity index (χ4v) is 4.03. The van der Waals surface area contributed by atoms with E-state index in [1.165, 1.54) is 0 Å². The van der Waals surface area contributed by atoms with Crippen LogP contribution in [0.2, 0.25) is 0 Å². The number of aromatic nitrogens is 2. The zero-order chi connectivity index (χ0) is 16.7. The predicted octanol–water partition coefficient (Wildman–Crippen LogP) is 1.97. The van der Waals surface area contributed by atoms with Crippen molar-refractivity contribution >= 4 is 5.97 Å². The molecule has 0 spiro atoms. The molecular weight excluding hydrogens is 306 g/mol. The zero-order valence-corrected chi connectivity index (χ0v) is 13.7. The van der Waals surface area contributed by atoms with Gasteiger partial charge in [0.05, 0.1) is 6.54 Å². The fraction of sp³-hybridized carbons (Fsp3) is 0.444. The molecule has 6 nitrogen and oxygen atoms in total. The normalized spacial score (nSPS) is 25.8. The number of aliphatic carboxylic acids is 1. The largest absolute Gasteiger partial charge is 0.492 e. The topological polar surface area (TPSA) is 67.6 Å². The number of likely N-dealkylation sites (tertiary alicyclic amines) is 1. The Labute approximate surface area is 140 Å². The number of carboxylic acid groups (broad SMARTS) is 1. The molecule has 1 fully saturated rings. The Morgan fingerprint density at radius 3 is 3.08 bits per heavy atom. The highest BCUT2D eigenvalue weighted by atomic mass is 16.5. The average Bonchev–Trinajstić information content (AvgIpc) is 3.19. The number of nitrogens with zero attached hydrogens (tertiary/aromatic N) is 3. The molecular formula is C18H21N3O3. The van der Waals surface area contributed by atoms with Crippen molar-refractivity contribution in [3.8, 4) is 5.75 Å². The van der Waals surface area contributed by atoms with Gasteiger partial charge in [-0.05, 0) is 18.6 Å². The maximum Gasteiger partial charge on any atom is 0.315 e. The Bertz CT molecular complexity index is 772. The van der Waals surface area contributed by atoms with Crippen molar-refractivity contribution < 1.29 is 14.6 Å². The lowest BCUT2D eigenvalue weighted by atomic mass is 9.73. The number of aryl methyl sites for hydroxylation is 1. The van der Waals surface area contributed by atoms with Gasteiger partial charge in [-0.15, -0.1) is 0 Å². The Hall–Kier alpha value is -2.34. The second-order valence-electron chi connectivity index (χ2n) is 6.64. The number of para-hydroxylation sites is 1. The Morgan fingerprint density at radius 1 is 1.46 bits per heavy atom. The van der Waals surface area contributed by atoms with Gasteiger partial charge in [-0.1, -0.05) is 18.2 Å². The molecule has 3 heterocycles. The molecule has 0 saturated carbocycles. The summed E-state index contributed by atoms with van der Waals surface area (Å²) in [7, 11) is 0. The first-order chi connectivity index (χ1) is 11.6. The van der Waals surface area contributed by atoms with Crippen LogP contribution in [0.25, 0.3) is 0 Å². The smallest absolute Gasteiger partial charge is 0.315 e. The Balaban J connectivity index is 1.65. The highest BCUT2D eigenvalue weighted by Gasteiger charge is 2.56. The molecule has 0 amide bonds. The summed E-state index contributed by atoms with van der Waals surface area (Å²) < 4.78 is 7.90. The second kappa shape index (κ2) is 5.63. The highest BCUT2D eigenvalue weighted by Crippen LogP contribution is 2.49. The lowest BCUT2D eigenvalue weighted by Gasteiger charge is -2.35. The predicted molar refractivity (Wildman–Crippen MR) is 87.9 cm³/mol. The zero-order valence-electron chi connectivity index (χ0n) is 13.7. The molecule has 4 rings (SSSR count). The summed E-state index contributed by atoms with van der Waals surface area (Å²) in [4.78, 5) is 18.7. The van der Waals surface area contributed by atoms with E-state index in [1.807, 2.05) is 30.5 Å². The van der Waals surface area contributed by atoms with Crippen LogP contribution < -0.4 is 4.74 Å². The van der Waals surface area contributed by atoms with Gasteiger partial charge >= 0.3 is 5.97 Å². The molecule has 2 aliphatic heterocycles. The molecule has 24 heavy (non-hydrogen) atoms. The van der Waals surface area contributed by atoms with Crippen molar-refractivity contribution in [3.63, 3.8) is 0 Å². The molecule has 1 aromatic carbocycles. The minimum atomic E-state index is -0.877. The number of hydrogen-bond donors (Lipinski definition) is 1. The number of ether oxygens (including phenoxy) is 1. The van der Waals surface area contributed by atoms with Gasteiger partial charge in [0.25, 0.3) is 0 Å². The van der Waals surface area contributed by atoms with Gasteiger partial charge in [-0.3, -0.25) is 9.69 Å². The van der Waals surface area contributed by atoms with Crippen LogP contribution >= 0.6 is 0 Å². The molecule has 1 saturated heterocycles. The first kappa shape index (κ1) is 15.2. The molecule has 126 valence electrons. The summed E-state index contributed by atoms with van der Waals surface area (Å²) in [6.45, 7) is 5.03. The maximum absolute atomic E-state index is 12.1. The van der Waals surface area contributed by atoms with Crippen LogP contribution in [0.4, 0.5) is 0 Å². The quantitative estimate of drug-likeness (QED) is 0.930. The van der Waals surface area contributed by atoms with E-state index in [2.05, 4.69) is 21.4 Å². The molecule has 1 N–H and O–H groups in total. The van der Waals surface area contributed by atoms with Crippen LogP contribution in [0.5, 0.6) is 5.75 Å². The van der Waals surface area contributed by atoms with Crippen molar-refractivity contribution in [2.45, 2.75) is 25.9 Å². The number of benzene rings is 1. The Morgan fingerprint density at radius 2 is 2.29 bits per heavy atom. The number of fused-ring (bicyclic) bond motifs is 3. The monoisotopic (exact) mass is 327 g/mol. The third-order valence-electron chi connectivity index (χ3n) is 5.33. The molecule has 1 aromatic heterocycles. The van der Waals surface area contributed by atoms with Gasteiger partial charge in [0.15, 0.2) is 0 Å². The highest BCUT2D eigenvalue weighted by molar-refractivity contribution is 5.78. The average molecular weight is 327 g/mol. The molecule has 6 heteroatoms. The fourth-order valence-electron chi connectivity index (χ4n) is 4.03. The molecule has 0 unspecified atom stereocenters. The molecule has 0 aliphatic carbocycles. The van der Waals surface area contributed by atoms with Crippen LogP contribution in [-0.4, -0.2) is 45.2 Å². The summed E-state index contributed by atoms with van der Waals surface area (Å²) in [5, 5.41) is 9.94. The Kier molecular flexibility index (Phi) is 3.57. The number of imidazole rings is 1. The third kappa shape index (κ3) is 2.21. The van der Waals surface area contributed by atoms with E-state index >= 15 is 0 Å². The summed E-state index contributed by atoms with van der Waals surface area (Å²) >= 11 is 0. The first-order valence-corrected chi connectivity index (χ1v) is 8.31. The number of carbonyl (C=O) groups is 1. The van der Waals surface area contributed by atoms with Crippen LogP contribution in [0.3, 0.4) is 0 Å². The number of carboxylic acids is 1. The van der Waals surface area contributed by atoms with E-state index in [0.29, 0.717) is 19.6 Å². The van der Waals surface area contributed by atoms with Gasteiger partial charge in [-0.25, -0.2) is 4.98 Å². The molecule has 0 bridgehead atoms. The van der Waals surface area contributed by atoms with Gasteiger partial charge in [-0.2, -0.15) is 0 Å². The van der Waals surface area contributed by atoms with Gasteiger partial charge in [0.2, 0.25) is 0 Å². The summed E-state index contributed by atoms with van der Waals surface area (Å²) in [5.41, 5.74) is 0.130. The maximum atomic E-state index is 12.1. The molecule has 2 atom stereocenters. The minimum Gasteiger partial charge on any atom is -0.492 e. The van der Waals surface area contributed by atoms with Crippen LogP contribution in [0.15, 0.2) is 36.7 Å². The minimum absolute atomic E-state index is 0.0509. The van der Waals surface area contributed by atoms with Crippen molar-refractivity contribution in [2.24, 2.45) is 5.41 Å². The van der Waals surface area contributed by atoms with Crippen LogP contribution in [0.1, 0.15) is 24.2 Å². The van der Waals surface area contributed by atoms with E-state index in [1.54, 1.807) is 6.20 Å². The summed E-state index contributed by atoms with van der Waals surface area (Å²) in [6, 6.07) is 7.80. The van der Waals surface area contributed by atoms with Crippen LogP contribution in [-0.2, 0) is 17.9 Å². The van der Waals surface area contributed by atoms with Crippen molar-refractivity contribution in [3.05, 3.63) is 48.0 Å². The van der Waals surface area contributed by atoms with Crippen LogP contribution in [0, 0.1) is 5.41 Å². The number of hydrogen-bond acceptors (Lipinski definition) is 4. The summed E-state index contributed by atoms with van der Waals surface area (Å²) in [6.07, 6.45) is 3.76. The van der Waals surface area contributed by atoms with E-state index in [-0.39, 0.29) is 12.5 Å². The van der Waals surface area contributed by atoms with E-state index in [9.17, 15) is 9.90 Å². The van der Waals surface area contributed by atoms with Crippen molar-refractivity contribution in [1.29, 1.82) is 0 Å². The van der Waals surface area contributed by atoms with Gasteiger partial charge in [0, 0.05) is 37.9 Å². The second-order valence-corrected chi connectivity index (χ2v) is 6.64. The lowest BCUT2D eigenvalue weighted by Crippen LogP contribution is -2.45.